The van der Waals surface area contributed by atoms with Crippen LogP contribution in [0.25, 0.3) is 0 Å². The molecule has 132 valence electrons. The third-order valence-corrected chi connectivity index (χ3v) is 3.56. The van der Waals surface area contributed by atoms with E-state index in [2.05, 4.69) is 10.6 Å². The summed E-state index contributed by atoms with van der Waals surface area (Å²) < 4.78 is 23.2. The molecule has 0 saturated carbocycles. The van der Waals surface area contributed by atoms with Crippen molar-refractivity contribution >= 4 is 23.2 Å². The fourth-order valence-electron chi connectivity index (χ4n) is 2.27. The molecule has 0 aliphatic heterocycles. The molecule has 0 spiro atoms. The number of benzene rings is 2. The van der Waals surface area contributed by atoms with E-state index in [0.717, 1.165) is 0 Å². The molecule has 3 aromatic rings. The first kappa shape index (κ1) is 17.2. The highest BCUT2D eigenvalue weighted by molar-refractivity contribution is 6.05. The Balaban J connectivity index is 1.74. The molecule has 2 aromatic carbocycles. The van der Waals surface area contributed by atoms with Gasteiger partial charge >= 0.3 is 0 Å². The largest absolute Gasteiger partial charge is 0.494 e. The van der Waals surface area contributed by atoms with Gasteiger partial charge in [0.1, 0.15) is 11.6 Å². The number of anilines is 2. The van der Waals surface area contributed by atoms with Gasteiger partial charge in [-0.15, -0.1) is 0 Å². The number of furan rings is 1. The second kappa shape index (κ2) is 7.52. The number of amides is 2. The van der Waals surface area contributed by atoms with Crippen LogP contribution in [0.2, 0.25) is 0 Å². The number of hydrogen-bond acceptors (Lipinski definition) is 4. The number of carbonyl (C=O) groups excluding carboxylic acids is 2. The van der Waals surface area contributed by atoms with Crippen molar-refractivity contribution in [2.45, 2.75) is 0 Å². The second-order valence-electron chi connectivity index (χ2n) is 5.31. The molecular formula is C19H15FN2O4. The third kappa shape index (κ3) is 3.89. The summed E-state index contributed by atoms with van der Waals surface area (Å²) in [5.41, 5.74) is 1.21. The summed E-state index contributed by atoms with van der Waals surface area (Å²) in [6, 6.07) is 13.1. The number of ether oxygens (including phenoxy) is 1. The maximum atomic E-state index is 12.9. The molecule has 1 aromatic heterocycles. The minimum absolute atomic E-state index is 0.167. The first-order valence-corrected chi connectivity index (χ1v) is 7.66. The average molecular weight is 354 g/mol. The molecule has 0 saturated heterocycles. The minimum atomic E-state index is -0.420. The topological polar surface area (TPSA) is 80.6 Å². The molecule has 7 heteroatoms. The Kier molecular flexibility index (Phi) is 4.98. The molecule has 0 aliphatic rings. The molecule has 0 aliphatic carbocycles. The van der Waals surface area contributed by atoms with Crippen LogP contribution in [-0.2, 0) is 0 Å². The van der Waals surface area contributed by atoms with Gasteiger partial charge in [-0.3, -0.25) is 9.59 Å². The Hall–Kier alpha value is -3.61. The molecule has 0 bridgehead atoms. The smallest absolute Gasteiger partial charge is 0.291 e. The van der Waals surface area contributed by atoms with Crippen molar-refractivity contribution in [2.75, 3.05) is 17.7 Å². The zero-order valence-corrected chi connectivity index (χ0v) is 13.8. The first-order chi connectivity index (χ1) is 12.6. The Bertz CT molecular complexity index is 921. The number of carbonyl (C=O) groups is 2. The van der Waals surface area contributed by atoms with Crippen LogP contribution in [0.4, 0.5) is 15.8 Å². The van der Waals surface area contributed by atoms with Crippen molar-refractivity contribution in [3.63, 3.8) is 0 Å². The Labute approximate surface area is 148 Å². The number of halogens is 1. The van der Waals surface area contributed by atoms with Gasteiger partial charge in [-0.25, -0.2) is 4.39 Å². The number of methoxy groups -OCH3 is 1. The first-order valence-electron chi connectivity index (χ1n) is 7.66. The van der Waals surface area contributed by atoms with Gasteiger partial charge in [-0.05, 0) is 48.5 Å². The SMILES string of the molecule is COc1cc(NC(=O)c2ccc(F)cc2)ccc1NC(=O)c1ccco1. The molecular weight excluding hydrogens is 339 g/mol. The molecule has 6 nitrogen and oxygen atoms in total. The summed E-state index contributed by atoms with van der Waals surface area (Å²) in [6.45, 7) is 0. The summed E-state index contributed by atoms with van der Waals surface area (Å²) in [5, 5.41) is 5.36. The van der Waals surface area contributed by atoms with Crippen LogP contribution in [0.1, 0.15) is 20.9 Å². The van der Waals surface area contributed by atoms with Crippen molar-refractivity contribution in [3.8, 4) is 5.75 Å². The molecule has 2 N–H and O–H groups in total. The summed E-state index contributed by atoms with van der Waals surface area (Å²) in [4.78, 5) is 24.2. The van der Waals surface area contributed by atoms with Crippen molar-refractivity contribution < 1.29 is 23.1 Å². The minimum Gasteiger partial charge on any atom is -0.494 e. The normalized spacial score (nSPS) is 10.2. The fourth-order valence-corrected chi connectivity index (χ4v) is 2.27. The van der Waals surface area contributed by atoms with Gasteiger partial charge in [0.05, 0.1) is 19.1 Å². The zero-order chi connectivity index (χ0) is 18.5. The van der Waals surface area contributed by atoms with E-state index in [0.29, 0.717) is 22.7 Å². The van der Waals surface area contributed by atoms with Crippen molar-refractivity contribution in [1.82, 2.24) is 0 Å². The molecule has 0 atom stereocenters. The van der Waals surface area contributed by atoms with Crippen molar-refractivity contribution in [2.24, 2.45) is 0 Å². The highest BCUT2D eigenvalue weighted by Gasteiger charge is 2.13. The van der Waals surface area contributed by atoms with Gasteiger partial charge in [-0.2, -0.15) is 0 Å². The molecule has 0 radical (unpaired) electrons. The van der Waals surface area contributed by atoms with Gasteiger partial charge in [-0.1, -0.05) is 0 Å². The average Bonchev–Trinajstić information content (AvgIpc) is 3.18. The van der Waals surface area contributed by atoms with Crippen LogP contribution in [-0.4, -0.2) is 18.9 Å². The molecule has 1 heterocycles. The molecule has 3 rings (SSSR count). The zero-order valence-electron chi connectivity index (χ0n) is 13.8. The van der Waals surface area contributed by atoms with Gasteiger partial charge < -0.3 is 19.8 Å². The van der Waals surface area contributed by atoms with Crippen LogP contribution in [0.15, 0.2) is 65.3 Å². The molecule has 26 heavy (non-hydrogen) atoms. The maximum absolute atomic E-state index is 12.9. The van der Waals surface area contributed by atoms with E-state index < -0.39 is 11.7 Å². The van der Waals surface area contributed by atoms with Gasteiger partial charge in [0, 0.05) is 17.3 Å². The van der Waals surface area contributed by atoms with Crippen LogP contribution < -0.4 is 15.4 Å². The van der Waals surface area contributed by atoms with Gasteiger partial charge in [0.15, 0.2) is 5.76 Å². The lowest BCUT2D eigenvalue weighted by Crippen LogP contribution is -2.13. The predicted octanol–water partition coefficient (Wildman–Crippen LogP) is 3.93. The standard InChI is InChI=1S/C19H15FN2O4/c1-25-17-11-14(21-18(23)12-4-6-13(20)7-5-12)8-9-15(17)22-19(24)16-3-2-10-26-16/h2-11H,1H3,(H,21,23)(H,22,24). The highest BCUT2D eigenvalue weighted by Crippen LogP contribution is 2.28. The summed E-state index contributed by atoms with van der Waals surface area (Å²) >= 11 is 0. The van der Waals surface area contributed by atoms with E-state index in [1.54, 1.807) is 30.3 Å². The van der Waals surface area contributed by atoms with Crippen LogP contribution >= 0.6 is 0 Å². The third-order valence-electron chi connectivity index (χ3n) is 3.56. The fraction of sp³-hybridized carbons (Fsp3) is 0.0526. The number of hydrogen-bond donors (Lipinski definition) is 2. The molecule has 2 amide bonds. The van der Waals surface area contributed by atoms with Gasteiger partial charge in [0.25, 0.3) is 11.8 Å². The lowest BCUT2D eigenvalue weighted by atomic mass is 10.2. The summed E-state index contributed by atoms with van der Waals surface area (Å²) in [6.07, 6.45) is 1.40. The van der Waals surface area contributed by atoms with Crippen molar-refractivity contribution in [1.29, 1.82) is 0 Å². The summed E-state index contributed by atoms with van der Waals surface area (Å²) in [5.74, 6) is -0.696. The van der Waals surface area contributed by atoms with E-state index in [1.165, 1.54) is 37.6 Å². The van der Waals surface area contributed by atoms with E-state index >= 15 is 0 Å². The second-order valence-corrected chi connectivity index (χ2v) is 5.31. The lowest BCUT2D eigenvalue weighted by molar-refractivity contribution is 0.0994. The summed E-state index contributed by atoms with van der Waals surface area (Å²) in [7, 11) is 1.45. The van der Waals surface area contributed by atoms with Crippen LogP contribution in [0.3, 0.4) is 0 Å². The number of rotatable bonds is 5. The van der Waals surface area contributed by atoms with E-state index in [1.807, 2.05) is 0 Å². The van der Waals surface area contributed by atoms with E-state index in [-0.39, 0.29) is 11.7 Å². The molecule has 0 fully saturated rings. The van der Waals surface area contributed by atoms with E-state index in [4.69, 9.17) is 9.15 Å². The van der Waals surface area contributed by atoms with Crippen LogP contribution in [0.5, 0.6) is 5.75 Å². The predicted molar refractivity (Wildman–Crippen MR) is 94.0 cm³/mol. The quantitative estimate of drug-likeness (QED) is 0.727. The van der Waals surface area contributed by atoms with Gasteiger partial charge in [0.2, 0.25) is 0 Å². The lowest BCUT2D eigenvalue weighted by Gasteiger charge is -2.12. The Morgan fingerprint density at radius 2 is 1.77 bits per heavy atom. The monoisotopic (exact) mass is 354 g/mol. The van der Waals surface area contributed by atoms with Crippen LogP contribution in [0, 0.1) is 5.82 Å². The van der Waals surface area contributed by atoms with Crippen molar-refractivity contribution in [3.05, 3.63) is 78.0 Å². The number of nitrogens with one attached hydrogen (secondary N) is 2. The Morgan fingerprint density at radius 1 is 1.00 bits per heavy atom. The van der Waals surface area contributed by atoms with E-state index in [9.17, 15) is 14.0 Å². The Morgan fingerprint density at radius 3 is 2.42 bits per heavy atom. The molecule has 0 unspecified atom stereocenters. The highest BCUT2D eigenvalue weighted by atomic mass is 19.1. The maximum Gasteiger partial charge on any atom is 0.291 e.